The van der Waals surface area contributed by atoms with Crippen molar-refractivity contribution in [3.63, 3.8) is 0 Å². The van der Waals surface area contributed by atoms with E-state index in [4.69, 9.17) is 4.74 Å². The minimum Gasteiger partial charge on any atom is -0.504 e. The molecule has 1 unspecified atom stereocenters. The molecule has 26 heavy (non-hydrogen) atoms. The zero-order valence-electron chi connectivity index (χ0n) is 16.0. The molecule has 0 spiro atoms. The first kappa shape index (κ1) is 22.7. The number of halogens is 1. The highest BCUT2D eigenvalue weighted by atomic mass is 35.5. The van der Waals surface area contributed by atoms with Crippen molar-refractivity contribution >= 4 is 18.4 Å². The molecule has 0 heterocycles. The number of aliphatic hydroxyl groups excluding tert-OH is 1. The highest BCUT2D eigenvalue weighted by molar-refractivity contribution is 5.85. The molecule has 1 aromatic rings. The van der Waals surface area contributed by atoms with Gasteiger partial charge in [-0.1, -0.05) is 31.7 Å². The van der Waals surface area contributed by atoms with Crippen molar-refractivity contribution in [2.24, 2.45) is 5.92 Å². The van der Waals surface area contributed by atoms with Gasteiger partial charge >= 0.3 is 5.97 Å². The Bertz CT molecular complexity index is 578. The molecule has 0 bridgehead atoms. The highest BCUT2D eigenvalue weighted by Crippen LogP contribution is 2.31. The average Bonchev–Trinajstić information content (AvgIpc) is 2.83. The number of phenolic OH excluding ortho intramolecular Hbond substituents is 1. The molecule has 0 radical (unpaired) electrons. The van der Waals surface area contributed by atoms with Crippen molar-refractivity contribution in [1.29, 1.82) is 0 Å². The molecule has 1 aromatic carbocycles. The van der Waals surface area contributed by atoms with Crippen LogP contribution in [0.25, 0.3) is 0 Å². The third-order valence-electron chi connectivity index (χ3n) is 4.59. The predicted molar refractivity (Wildman–Crippen MR) is 105 cm³/mol. The van der Waals surface area contributed by atoms with Gasteiger partial charge in [-0.05, 0) is 51.3 Å². The van der Waals surface area contributed by atoms with Crippen LogP contribution >= 0.6 is 12.4 Å². The number of carbonyl (C=O) groups is 1. The molecule has 3 N–H and O–H groups in total. The van der Waals surface area contributed by atoms with Crippen LogP contribution in [0.4, 0.5) is 0 Å². The van der Waals surface area contributed by atoms with E-state index in [0.717, 1.165) is 25.7 Å². The fourth-order valence-electron chi connectivity index (χ4n) is 3.06. The van der Waals surface area contributed by atoms with Gasteiger partial charge in [-0.3, -0.25) is 4.79 Å². The highest BCUT2D eigenvalue weighted by Gasteiger charge is 2.23. The first-order chi connectivity index (χ1) is 11.8. The van der Waals surface area contributed by atoms with E-state index in [1.54, 1.807) is 12.1 Å². The van der Waals surface area contributed by atoms with Crippen molar-refractivity contribution in [2.45, 2.75) is 70.9 Å². The van der Waals surface area contributed by atoms with Crippen LogP contribution in [0.5, 0.6) is 11.5 Å². The quantitative estimate of drug-likeness (QED) is 0.404. The third kappa shape index (κ3) is 7.14. The van der Waals surface area contributed by atoms with E-state index in [0.29, 0.717) is 12.1 Å². The SMILES string of the molecule is CC(C)(C)NCC(O)c1ccc(OC(=O)C2CCCCCC2)c(O)c1.Cl. The van der Waals surface area contributed by atoms with E-state index in [2.05, 4.69) is 5.32 Å². The van der Waals surface area contributed by atoms with Crippen LogP contribution in [-0.2, 0) is 4.79 Å². The molecular weight excluding hydrogens is 354 g/mol. The number of hydrogen-bond acceptors (Lipinski definition) is 5. The predicted octanol–water partition coefficient (Wildman–Crippen LogP) is 4.11. The standard InChI is InChI=1S/C20H31NO4.ClH/c1-20(2,3)21-13-17(23)15-10-11-18(16(22)12-15)25-19(24)14-8-6-4-5-7-9-14;/h10-12,14,17,21-23H,4-9,13H2,1-3H3;1H. The largest absolute Gasteiger partial charge is 0.504 e. The van der Waals surface area contributed by atoms with Gasteiger partial charge in [-0.15, -0.1) is 12.4 Å². The van der Waals surface area contributed by atoms with Crippen molar-refractivity contribution in [1.82, 2.24) is 5.32 Å². The maximum atomic E-state index is 12.3. The summed E-state index contributed by atoms with van der Waals surface area (Å²) in [6, 6.07) is 4.70. The van der Waals surface area contributed by atoms with Crippen LogP contribution in [0.1, 0.15) is 71.0 Å². The van der Waals surface area contributed by atoms with Crippen LogP contribution in [0.3, 0.4) is 0 Å². The second-order valence-electron chi connectivity index (χ2n) is 7.98. The molecular formula is C20H32ClNO4. The van der Waals surface area contributed by atoms with E-state index in [1.807, 2.05) is 20.8 Å². The summed E-state index contributed by atoms with van der Waals surface area (Å²) in [5, 5.41) is 23.6. The van der Waals surface area contributed by atoms with E-state index in [1.165, 1.54) is 18.9 Å². The Morgan fingerprint density at radius 3 is 2.38 bits per heavy atom. The molecule has 2 rings (SSSR count). The number of nitrogens with one attached hydrogen (secondary N) is 1. The van der Waals surface area contributed by atoms with Crippen molar-refractivity contribution in [2.75, 3.05) is 6.54 Å². The van der Waals surface area contributed by atoms with Gasteiger partial charge in [0.15, 0.2) is 11.5 Å². The summed E-state index contributed by atoms with van der Waals surface area (Å²) >= 11 is 0. The van der Waals surface area contributed by atoms with Crippen molar-refractivity contribution in [3.8, 4) is 11.5 Å². The Morgan fingerprint density at radius 1 is 1.23 bits per heavy atom. The molecule has 148 valence electrons. The van der Waals surface area contributed by atoms with Crippen LogP contribution < -0.4 is 10.1 Å². The van der Waals surface area contributed by atoms with Crippen molar-refractivity contribution < 1.29 is 19.7 Å². The number of carbonyl (C=O) groups excluding carboxylic acids is 1. The summed E-state index contributed by atoms with van der Waals surface area (Å²) in [7, 11) is 0. The Morgan fingerprint density at radius 2 is 1.85 bits per heavy atom. The lowest BCUT2D eigenvalue weighted by Crippen LogP contribution is -2.38. The van der Waals surface area contributed by atoms with Gasteiger partial charge in [0.05, 0.1) is 12.0 Å². The van der Waals surface area contributed by atoms with Gasteiger partial charge in [-0.2, -0.15) is 0 Å². The van der Waals surface area contributed by atoms with Crippen molar-refractivity contribution in [3.05, 3.63) is 23.8 Å². The number of esters is 1. The van der Waals surface area contributed by atoms with Crippen LogP contribution in [0.15, 0.2) is 18.2 Å². The first-order valence-corrected chi connectivity index (χ1v) is 9.24. The monoisotopic (exact) mass is 385 g/mol. The Balaban J connectivity index is 0.00000338. The molecule has 0 amide bonds. The Labute approximate surface area is 162 Å². The smallest absolute Gasteiger partial charge is 0.314 e. The molecule has 1 aliphatic carbocycles. The fourth-order valence-corrected chi connectivity index (χ4v) is 3.06. The molecule has 5 nitrogen and oxygen atoms in total. The number of aliphatic hydroxyl groups is 1. The molecule has 0 aliphatic heterocycles. The molecule has 0 saturated heterocycles. The van der Waals surface area contributed by atoms with E-state index in [9.17, 15) is 15.0 Å². The number of hydrogen-bond donors (Lipinski definition) is 3. The number of β-amino-alcohol motifs (C(OH)–C–C–N with tert-alkyl or cyclic N) is 1. The minimum absolute atomic E-state index is 0. The number of benzene rings is 1. The summed E-state index contributed by atoms with van der Waals surface area (Å²) in [5.41, 5.74) is 0.487. The minimum atomic E-state index is -0.739. The topological polar surface area (TPSA) is 78.8 Å². The van der Waals surface area contributed by atoms with Gasteiger partial charge in [0.25, 0.3) is 0 Å². The summed E-state index contributed by atoms with van der Waals surface area (Å²) < 4.78 is 5.40. The molecule has 0 aromatic heterocycles. The molecule has 6 heteroatoms. The van der Waals surface area contributed by atoms with E-state index in [-0.39, 0.29) is 41.3 Å². The molecule has 1 atom stereocenters. The summed E-state index contributed by atoms with van der Waals surface area (Å²) in [5.74, 6) is -0.300. The lowest BCUT2D eigenvalue weighted by Gasteiger charge is -2.23. The molecule has 1 saturated carbocycles. The van der Waals surface area contributed by atoms with Crippen LogP contribution in [0, 0.1) is 5.92 Å². The van der Waals surface area contributed by atoms with Gasteiger partial charge in [0, 0.05) is 12.1 Å². The first-order valence-electron chi connectivity index (χ1n) is 9.24. The number of rotatable bonds is 5. The second kappa shape index (κ2) is 10.1. The van der Waals surface area contributed by atoms with E-state index < -0.39 is 6.10 Å². The van der Waals surface area contributed by atoms with Gasteiger partial charge in [0.1, 0.15) is 0 Å². The zero-order chi connectivity index (χ0) is 18.4. The fraction of sp³-hybridized carbons (Fsp3) is 0.650. The van der Waals surface area contributed by atoms with Crippen LogP contribution in [0.2, 0.25) is 0 Å². The number of ether oxygens (including phenoxy) is 1. The Kier molecular flexibility index (Phi) is 8.87. The summed E-state index contributed by atoms with van der Waals surface area (Å²) in [6.07, 6.45) is 5.42. The molecule has 1 fully saturated rings. The lowest BCUT2D eigenvalue weighted by molar-refractivity contribution is -0.139. The van der Waals surface area contributed by atoms with E-state index >= 15 is 0 Å². The maximum absolute atomic E-state index is 12.3. The lowest BCUT2D eigenvalue weighted by atomic mass is 10.0. The average molecular weight is 386 g/mol. The third-order valence-corrected chi connectivity index (χ3v) is 4.59. The Hall–Kier alpha value is -1.30. The zero-order valence-corrected chi connectivity index (χ0v) is 16.8. The normalized spacial score (nSPS) is 17.1. The summed E-state index contributed by atoms with van der Waals surface area (Å²) in [4.78, 5) is 12.3. The van der Waals surface area contributed by atoms with Crippen LogP contribution in [-0.4, -0.2) is 28.3 Å². The number of phenols is 1. The van der Waals surface area contributed by atoms with Gasteiger partial charge in [0.2, 0.25) is 0 Å². The molecule has 1 aliphatic rings. The van der Waals surface area contributed by atoms with Gasteiger partial charge in [-0.25, -0.2) is 0 Å². The second-order valence-corrected chi connectivity index (χ2v) is 7.98. The maximum Gasteiger partial charge on any atom is 0.314 e. The van der Waals surface area contributed by atoms with Gasteiger partial charge < -0.3 is 20.3 Å². The summed E-state index contributed by atoms with van der Waals surface area (Å²) in [6.45, 7) is 6.44. The number of aromatic hydroxyl groups is 1.